The number of phosphoric ester groups is 2. The highest BCUT2D eigenvalue weighted by molar-refractivity contribution is 7.47. The maximum Gasteiger partial charge on any atom is 0.472 e. The molecule has 0 saturated carbocycles. The van der Waals surface area contributed by atoms with Crippen LogP contribution in [0.2, 0.25) is 0 Å². The largest absolute Gasteiger partial charge is 0.472 e. The van der Waals surface area contributed by atoms with Gasteiger partial charge in [0.1, 0.15) is 19.3 Å². The molecule has 0 aromatic carbocycles. The molecule has 3 unspecified atom stereocenters. The van der Waals surface area contributed by atoms with Gasteiger partial charge < -0.3 is 33.8 Å². The molecule has 0 amide bonds. The quantitative estimate of drug-likeness (QED) is 0.0222. The number of rotatable bonds is 76. The lowest BCUT2D eigenvalue weighted by Gasteiger charge is -2.21. The van der Waals surface area contributed by atoms with Crippen molar-refractivity contribution < 1.29 is 80.2 Å². The molecule has 0 bridgehead atoms. The molecule has 6 atom stereocenters. The monoisotopic (exact) mass is 1410 g/mol. The van der Waals surface area contributed by atoms with Gasteiger partial charge in [0.05, 0.1) is 26.4 Å². The van der Waals surface area contributed by atoms with Gasteiger partial charge >= 0.3 is 39.5 Å². The minimum Gasteiger partial charge on any atom is -0.462 e. The van der Waals surface area contributed by atoms with Crippen LogP contribution in [0.4, 0.5) is 0 Å². The molecule has 19 heteroatoms. The van der Waals surface area contributed by atoms with E-state index in [0.29, 0.717) is 25.7 Å². The number of hydrogen-bond acceptors (Lipinski definition) is 15. The first kappa shape index (κ1) is 94.1. The summed E-state index contributed by atoms with van der Waals surface area (Å²) >= 11 is 0. The third kappa shape index (κ3) is 69.2. The van der Waals surface area contributed by atoms with E-state index in [1.54, 1.807) is 0 Å². The Balaban J connectivity index is 5.25. The predicted octanol–water partition coefficient (Wildman–Crippen LogP) is 22.7. The van der Waals surface area contributed by atoms with Crippen molar-refractivity contribution in [3.05, 3.63) is 0 Å². The Labute approximate surface area is 588 Å². The maximum absolute atomic E-state index is 13.1. The Hall–Kier alpha value is -1.94. The predicted molar refractivity (Wildman–Crippen MR) is 391 cm³/mol. The SMILES string of the molecule is CCCCCCCCCCCCCCCC(=O)O[C@H](COC(=O)CCCCCCCCCCCC)COP(=O)(O)OC[C@H](O)COP(=O)(O)OC[C@@H](COC(=O)CCCCCCCCCCCCCCC(C)C)OC(=O)CCCCCCCCCCCCCCCCC(C)CC. The second-order valence-electron chi connectivity index (χ2n) is 28.5. The molecule has 0 aliphatic heterocycles. The van der Waals surface area contributed by atoms with Gasteiger partial charge in [-0.2, -0.15) is 0 Å². The van der Waals surface area contributed by atoms with Crippen LogP contribution in [0.5, 0.6) is 0 Å². The van der Waals surface area contributed by atoms with E-state index < -0.39 is 97.5 Å². The summed E-state index contributed by atoms with van der Waals surface area (Å²) in [6.45, 7) is 9.67. The Bertz CT molecular complexity index is 1860. The Kier molecular flexibility index (Phi) is 67.4. The van der Waals surface area contributed by atoms with E-state index in [1.165, 1.54) is 218 Å². The third-order valence-corrected chi connectivity index (χ3v) is 20.2. The number of carbonyl (C=O) groups excluding carboxylic acids is 4. The smallest absolute Gasteiger partial charge is 0.462 e. The van der Waals surface area contributed by atoms with Crippen molar-refractivity contribution in [2.45, 2.75) is 419 Å². The highest BCUT2D eigenvalue weighted by Gasteiger charge is 2.30. The zero-order valence-electron chi connectivity index (χ0n) is 62.7. The van der Waals surface area contributed by atoms with Crippen molar-refractivity contribution in [3.8, 4) is 0 Å². The highest BCUT2D eigenvalue weighted by atomic mass is 31.2. The molecule has 0 rings (SSSR count). The van der Waals surface area contributed by atoms with Gasteiger partial charge in [-0.25, -0.2) is 9.13 Å². The molecule has 3 N–H and O–H groups in total. The van der Waals surface area contributed by atoms with Crippen molar-refractivity contribution in [1.82, 2.24) is 0 Å². The van der Waals surface area contributed by atoms with Gasteiger partial charge in [-0.3, -0.25) is 37.3 Å². The van der Waals surface area contributed by atoms with Crippen LogP contribution in [0, 0.1) is 11.8 Å². The number of aliphatic hydroxyl groups is 1. The highest BCUT2D eigenvalue weighted by Crippen LogP contribution is 2.45. The van der Waals surface area contributed by atoms with Crippen LogP contribution in [0.15, 0.2) is 0 Å². The number of carbonyl (C=O) groups is 4. The number of unbranched alkanes of at least 4 members (excludes halogenated alkanes) is 45. The zero-order chi connectivity index (χ0) is 70.7. The molecule has 0 fully saturated rings. The van der Waals surface area contributed by atoms with Gasteiger partial charge in [0.15, 0.2) is 12.2 Å². The molecule has 0 aliphatic rings. The average molecular weight is 1410 g/mol. The molecule has 0 aliphatic carbocycles. The van der Waals surface area contributed by atoms with E-state index >= 15 is 0 Å². The molecule has 96 heavy (non-hydrogen) atoms. The fourth-order valence-electron chi connectivity index (χ4n) is 11.8. The second-order valence-corrected chi connectivity index (χ2v) is 31.4. The van der Waals surface area contributed by atoms with Gasteiger partial charge in [0.25, 0.3) is 0 Å². The minimum absolute atomic E-state index is 0.108. The lowest BCUT2D eigenvalue weighted by Crippen LogP contribution is -2.30. The summed E-state index contributed by atoms with van der Waals surface area (Å²) in [4.78, 5) is 72.8. The summed E-state index contributed by atoms with van der Waals surface area (Å²) in [5, 5.41) is 10.6. The van der Waals surface area contributed by atoms with Crippen LogP contribution < -0.4 is 0 Å². The molecule has 0 aromatic heterocycles. The maximum atomic E-state index is 13.1. The van der Waals surface area contributed by atoms with Crippen molar-refractivity contribution in [2.75, 3.05) is 39.6 Å². The standard InChI is InChI=1S/C77H150O17P2/c1-7-10-12-14-16-18-20-23-31-37-43-49-55-61-76(81)93-72(65-87-74(79)59-53-47-41-35-19-17-15-13-11-8-2)67-91-95(83,84)89-63-71(78)64-90-96(85,86)92-68-73(66-88-75(80)60-54-48-42-36-30-27-26-28-33-39-45-51-57-69(4)5)94-77(82)62-56-50-44-38-32-25-22-21-24-29-34-40-46-52-58-70(6)9-3/h69-73,78H,7-68H2,1-6H3,(H,83,84)(H,85,86)/t70?,71-,72+,73+/m0/s1. The second kappa shape index (κ2) is 68.8. The third-order valence-electron chi connectivity index (χ3n) is 18.3. The van der Waals surface area contributed by atoms with Gasteiger partial charge in [0, 0.05) is 25.7 Å². The summed E-state index contributed by atoms with van der Waals surface area (Å²) in [5.41, 5.74) is 0. The fraction of sp³-hybridized carbons (Fsp3) is 0.948. The first-order valence-electron chi connectivity index (χ1n) is 40.0. The van der Waals surface area contributed by atoms with E-state index in [2.05, 4.69) is 41.5 Å². The van der Waals surface area contributed by atoms with Gasteiger partial charge in [-0.05, 0) is 37.5 Å². The van der Waals surface area contributed by atoms with Gasteiger partial charge in [-0.1, -0.05) is 350 Å². The van der Waals surface area contributed by atoms with Gasteiger partial charge in [-0.15, -0.1) is 0 Å². The van der Waals surface area contributed by atoms with E-state index in [-0.39, 0.29) is 25.7 Å². The van der Waals surface area contributed by atoms with Crippen LogP contribution >= 0.6 is 15.6 Å². The summed E-state index contributed by atoms with van der Waals surface area (Å²) in [5.74, 6) is -0.484. The summed E-state index contributed by atoms with van der Waals surface area (Å²) in [6, 6.07) is 0. The molecule has 0 spiro atoms. The lowest BCUT2D eigenvalue weighted by atomic mass is 9.99. The number of phosphoric acid groups is 2. The van der Waals surface area contributed by atoms with Crippen LogP contribution in [0.25, 0.3) is 0 Å². The van der Waals surface area contributed by atoms with Crippen LogP contribution in [-0.4, -0.2) is 96.7 Å². The number of hydrogen-bond donors (Lipinski definition) is 3. The van der Waals surface area contributed by atoms with Crippen molar-refractivity contribution in [1.29, 1.82) is 0 Å². The molecule has 0 aromatic rings. The van der Waals surface area contributed by atoms with E-state index in [0.717, 1.165) is 102 Å². The zero-order valence-corrected chi connectivity index (χ0v) is 64.5. The number of esters is 4. The normalized spacial score (nSPS) is 14.3. The topological polar surface area (TPSA) is 237 Å². The van der Waals surface area contributed by atoms with Crippen molar-refractivity contribution >= 4 is 39.5 Å². The van der Waals surface area contributed by atoms with Crippen LogP contribution in [0.1, 0.15) is 401 Å². The minimum atomic E-state index is -4.96. The Morgan fingerprint density at radius 1 is 0.302 bits per heavy atom. The average Bonchev–Trinajstić information content (AvgIpc) is 2.65. The molecular formula is C77H150O17P2. The van der Waals surface area contributed by atoms with E-state index in [9.17, 15) is 43.2 Å². The van der Waals surface area contributed by atoms with Gasteiger partial charge in [0.2, 0.25) is 0 Å². The van der Waals surface area contributed by atoms with Crippen LogP contribution in [-0.2, 0) is 65.4 Å². The lowest BCUT2D eigenvalue weighted by molar-refractivity contribution is -0.161. The fourth-order valence-corrected chi connectivity index (χ4v) is 13.4. The number of ether oxygens (including phenoxy) is 4. The molecule has 0 heterocycles. The molecule has 0 radical (unpaired) electrons. The van der Waals surface area contributed by atoms with Crippen LogP contribution in [0.3, 0.4) is 0 Å². The van der Waals surface area contributed by atoms with E-state index in [4.69, 9.17) is 37.0 Å². The van der Waals surface area contributed by atoms with Crippen molar-refractivity contribution in [2.24, 2.45) is 11.8 Å². The summed E-state index contributed by atoms with van der Waals surface area (Å²) in [7, 11) is -9.91. The first-order chi connectivity index (χ1) is 46.4. The van der Waals surface area contributed by atoms with E-state index in [1.807, 2.05) is 0 Å². The molecule has 0 saturated heterocycles. The molecular weight excluding hydrogens is 1260 g/mol. The molecule has 17 nitrogen and oxygen atoms in total. The molecule has 570 valence electrons. The number of aliphatic hydroxyl groups excluding tert-OH is 1. The summed E-state index contributed by atoms with van der Waals surface area (Å²) in [6.07, 6.45) is 56.6. The first-order valence-corrected chi connectivity index (χ1v) is 43.0. The Morgan fingerprint density at radius 3 is 0.792 bits per heavy atom. The van der Waals surface area contributed by atoms with Crippen molar-refractivity contribution in [3.63, 3.8) is 0 Å². The Morgan fingerprint density at radius 2 is 0.531 bits per heavy atom. The summed E-state index contributed by atoms with van der Waals surface area (Å²) < 4.78 is 68.6.